The Kier molecular flexibility index (Phi) is 5.61. The van der Waals surface area contributed by atoms with Crippen molar-refractivity contribution in [3.05, 3.63) is 0 Å². The largest absolute Gasteiger partial charge is 0.299 e. The van der Waals surface area contributed by atoms with E-state index in [2.05, 4.69) is 13.2 Å². The molecule has 1 aliphatic carbocycles. The Balaban J connectivity index is 2.34. The highest BCUT2D eigenvalue weighted by Crippen LogP contribution is 2.31. The molecule has 82 valence electrons. The number of thioether (sulfide) groups is 1. The fraction of sp³-hybridized carbons (Fsp3) is 0.917. The molecule has 0 spiro atoms. The van der Waals surface area contributed by atoms with Gasteiger partial charge in [-0.3, -0.25) is 4.79 Å². The van der Waals surface area contributed by atoms with Crippen molar-refractivity contribution < 1.29 is 4.79 Å². The van der Waals surface area contributed by atoms with Crippen LogP contribution >= 0.6 is 11.8 Å². The Bertz CT molecular complexity index is 179. The summed E-state index contributed by atoms with van der Waals surface area (Å²) >= 11 is 1.86. The summed E-state index contributed by atoms with van der Waals surface area (Å²) in [6, 6.07) is 0. The molecule has 0 aromatic carbocycles. The number of hydrogen-bond acceptors (Lipinski definition) is 2. The van der Waals surface area contributed by atoms with E-state index in [1.807, 2.05) is 11.8 Å². The zero-order chi connectivity index (χ0) is 10.4. The molecule has 14 heavy (non-hydrogen) atoms. The van der Waals surface area contributed by atoms with Gasteiger partial charge in [0, 0.05) is 12.3 Å². The van der Waals surface area contributed by atoms with E-state index in [0.717, 1.165) is 30.9 Å². The number of Topliss-reactive ketones (excluding diaryl/α,β-unsaturated/α-hetero) is 1. The zero-order valence-corrected chi connectivity index (χ0v) is 10.2. The Morgan fingerprint density at radius 2 is 2.21 bits per heavy atom. The first-order valence-electron chi connectivity index (χ1n) is 5.79. The fourth-order valence-corrected chi connectivity index (χ4v) is 2.93. The molecular formula is C12H22OS. The van der Waals surface area contributed by atoms with Crippen molar-refractivity contribution in [1.29, 1.82) is 0 Å². The van der Waals surface area contributed by atoms with Gasteiger partial charge in [0.1, 0.15) is 5.78 Å². The van der Waals surface area contributed by atoms with Crippen molar-refractivity contribution in [1.82, 2.24) is 0 Å². The second-order valence-corrected chi connectivity index (χ2v) is 5.36. The van der Waals surface area contributed by atoms with Crippen LogP contribution in [0.15, 0.2) is 0 Å². The normalized spacial score (nSPS) is 28.0. The summed E-state index contributed by atoms with van der Waals surface area (Å²) in [7, 11) is 0. The van der Waals surface area contributed by atoms with Gasteiger partial charge in [0.25, 0.3) is 0 Å². The average molecular weight is 214 g/mol. The summed E-state index contributed by atoms with van der Waals surface area (Å²) in [5.41, 5.74) is 0. The van der Waals surface area contributed by atoms with Crippen LogP contribution in [0.5, 0.6) is 0 Å². The van der Waals surface area contributed by atoms with Gasteiger partial charge in [0.15, 0.2) is 0 Å². The maximum Gasteiger partial charge on any atom is 0.136 e. The summed E-state index contributed by atoms with van der Waals surface area (Å²) in [5.74, 6) is 2.92. The molecule has 2 heteroatoms. The van der Waals surface area contributed by atoms with Gasteiger partial charge in [-0.05, 0) is 37.2 Å². The van der Waals surface area contributed by atoms with Crippen LogP contribution in [0.25, 0.3) is 0 Å². The first-order valence-corrected chi connectivity index (χ1v) is 7.19. The maximum absolute atomic E-state index is 11.6. The van der Waals surface area contributed by atoms with Crippen LogP contribution in [0.2, 0.25) is 0 Å². The van der Waals surface area contributed by atoms with Gasteiger partial charge in [-0.1, -0.05) is 19.8 Å². The molecule has 2 unspecified atom stereocenters. The Hall–Kier alpha value is 0.0200. The van der Waals surface area contributed by atoms with Gasteiger partial charge in [-0.2, -0.15) is 11.8 Å². The smallest absolute Gasteiger partial charge is 0.136 e. The molecule has 1 saturated carbocycles. The van der Waals surface area contributed by atoms with Crippen molar-refractivity contribution in [2.75, 3.05) is 12.0 Å². The number of carbonyl (C=O) groups is 1. The molecular weight excluding hydrogens is 192 g/mol. The third kappa shape index (κ3) is 3.64. The third-order valence-corrected chi connectivity index (χ3v) is 3.88. The number of hydrogen-bond donors (Lipinski definition) is 0. The standard InChI is InChI=1S/C12H22OS/c1-3-4-10-5-6-12(13)11(9-10)7-8-14-2/h10-11H,3-9H2,1-2H3. The second kappa shape index (κ2) is 6.49. The summed E-state index contributed by atoms with van der Waals surface area (Å²) in [6.45, 7) is 2.24. The van der Waals surface area contributed by atoms with Crippen LogP contribution in [-0.2, 0) is 4.79 Å². The molecule has 0 aliphatic heterocycles. The highest BCUT2D eigenvalue weighted by atomic mass is 32.2. The van der Waals surface area contributed by atoms with E-state index in [9.17, 15) is 4.79 Å². The zero-order valence-electron chi connectivity index (χ0n) is 9.42. The van der Waals surface area contributed by atoms with Crippen LogP contribution < -0.4 is 0 Å². The minimum atomic E-state index is 0.396. The van der Waals surface area contributed by atoms with E-state index in [4.69, 9.17) is 0 Å². The average Bonchev–Trinajstić information content (AvgIpc) is 2.19. The Labute approximate surface area is 92.0 Å². The Morgan fingerprint density at radius 1 is 1.43 bits per heavy atom. The van der Waals surface area contributed by atoms with Crippen LogP contribution in [0, 0.1) is 11.8 Å². The van der Waals surface area contributed by atoms with Crippen molar-refractivity contribution in [3.63, 3.8) is 0 Å². The third-order valence-electron chi connectivity index (χ3n) is 3.24. The van der Waals surface area contributed by atoms with Gasteiger partial charge in [-0.15, -0.1) is 0 Å². The lowest BCUT2D eigenvalue weighted by Crippen LogP contribution is -2.25. The van der Waals surface area contributed by atoms with Crippen molar-refractivity contribution >= 4 is 17.5 Å². The lowest BCUT2D eigenvalue weighted by molar-refractivity contribution is -0.125. The maximum atomic E-state index is 11.6. The highest BCUT2D eigenvalue weighted by molar-refractivity contribution is 7.98. The molecule has 2 atom stereocenters. The van der Waals surface area contributed by atoms with E-state index < -0.39 is 0 Å². The van der Waals surface area contributed by atoms with Crippen LogP contribution in [0.4, 0.5) is 0 Å². The van der Waals surface area contributed by atoms with Gasteiger partial charge in [-0.25, -0.2) is 0 Å². The SMILES string of the molecule is CCCC1CCC(=O)C(CCSC)C1. The van der Waals surface area contributed by atoms with E-state index in [1.54, 1.807) is 0 Å². The van der Waals surface area contributed by atoms with Gasteiger partial charge in [0.2, 0.25) is 0 Å². The number of rotatable bonds is 5. The molecule has 0 heterocycles. The molecule has 0 radical (unpaired) electrons. The minimum absolute atomic E-state index is 0.396. The van der Waals surface area contributed by atoms with E-state index in [0.29, 0.717) is 11.7 Å². The predicted molar refractivity (Wildman–Crippen MR) is 63.7 cm³/mol. The lowest BCUT2D eigenvalue weighted by atomic mass is 9.77. The van der Waals surface area contributed by atoms with Crippen LogP contribution in [0.1, 0.15) is 45.4 Å². The van der Waals surface area contributed by atoms with Crippen molar-refractivity contribution in [2.24, 2.45) is 11.8 Å². The first-order chi connectivity index (χ1) is 6.77. The minimum Gasteiger partial charge on any atom is -0.299 e. The molecule has 1 rings (SSSR count). The Morgan fingerprint density at radius 3 is 2.86 bits per heavy atom. The quantitative estimate of drug-likeness (QED) is 0.696. The molecule has 0 saturated heterocycles. The van der Waals surface area contributed by atoms with Gasteiger partial charge >= 0.3 is 0 Å². The van der Waals surface area contributed by atoms with Crippen LogP contribution in [-0.4, -0.2) is 17.8 Å². The molecule has 1 nitrogen and oxygen atoms in total. The molecule has 0 aromatic heterocycles. The van der Waals surface area contributed by atoms with E-state index >= 15 is 0 Å². The molecule has 1 aliphatic rings. The monoisotopic (exact) mass is 214 g/mol. The molecule has 0 bridgehead atoms. The van der Waals surface area contributed by atoms with Crippen molar-refractivity contribution in [3.8, 4) is 0 Å². The van der Waals surface area contributed by atoms with Crippen LogP contribution in [0.3, 0.4) is 0 Å². The number of carbonyl (C=O) groups excluding carboxylic acids is 1. The first kappa shape index (κ1) is 12.1. The molecule has 0 aromatic rings. The highest BCUT2D eigenvalue weighted by Gasteiger charge is 2.27. The fourth-order valence-electron chi connectivity index (χ4n) is 2.41. The van der Waals surface area contributed by atoms with Crippen molar-refractivity contribution in [2.45, 2.75) is 45.4 Å². The molecule has 0 N–H and O–H groups in total. The summed E-state index contributed by atoms with van der Waals surface area (Å²) < 4.78 is 0. The summed E-state index contributed by atoms with van der Waals surface area (Å²) in [6.07, 6.45) is 9.01. The van der Waals surface area contributed by atoms with Gasteiger partial charge in [0.05, 0.1) is 0 Å². The van der Waals surface area contributed by atoms with Gasteiger partial charge < -0.3 is 0 Å². The van der Waals surface area contributed by atoms with E-state index in [-0.39, 0.29) is 0 Å². The van der Waals surface area contributed by atoms with E-state index in [1.165, 1.54) is 19.3 Å². The summed E-state index contributed by atoms with van der Waals surface area (Å²) in [4.78, 5) is 11.6. The predicted octanol–water partition coefficient (Wildman–Crippen LogP) is 3.53. The summed E-state index contributed by atoms with van der Waals surface area (Å²) in [5, 5.41) is 0. The number of ketones is 1. The molecule has 1 fully saturated rings. The molecule has 0 amide bonds. The lowest BCUT2D eigenvalue weighted by Gasteiger charge is -2.27. The second-order valence-electron chi connectivity index (χ2n) is 4.37. The topological polar surface area (TPSA) is 17.1 Å².